The van der Waals surface area contributed by atoms with Crippen molar-refractivity contribution in [1.29, 1.82) is 0 Å². The third-order valence-electron chi connectivity index (χ3n) is 6.03. The zero-order valence-electron chi connectivity index (χ0n) is 17.9. The molecule has 33 heavy (non-hydrogen) atoms. The zero-order valence-corrected chi connectivity index (χ0v) is 19.4. The predicted molar refractivity (Wildman–Crippen MR) is 126 cm³/mol. The highest BCUT2D eigenvalue weighted by molar-refractivity contribution is 6.42. The van der Waals surface area contributed by atoms with E-state index >= 15 is 0 Å². The van der Waals surface area contributed by atoms with Crippen LogP contribution in [-0.2, 0) is 27.3 Å². The summed E-state index contributed by atoms with van der Waals surface area (Å²) < 4.78 is 0. The number of nitrogens with one attached hydrogen (secondary N) is 1. The quantitative estimate of drug-likeness (QED) is 0.395. The zero-order chi connectivity index (χ0) is 23.7. The maximum Gasteiger partial charge on any atom is 0.291 e. The number of amides is 2. The van der Waals surface area contributed by atoms with E-state index in [2.05, 4.69) is 4.98 Å². The smallest absolute Gasteiger partial charge is 0.291 e. The van der Waals surface area contributed by atoms with E-state index in [1.807, 2.05) is 30.5 Å². The average molecular weight is 488 g/mol. The van der Waals surface area contributed by atoms with Crippen LogP contribution in [0.25, 0.3) is 10.9 Å². The van der Waals surface area contributed by atoms with Crippen LogP contribution in [-0.4, -0.2) is 63.7 Å². The van der Waals surface area contributed by atoms with Gasteiger partial charge in [-0.2, -0.15) is 0 Å². The molecule has 2 amide bonds. The second-order valence-corrected chi connectivity index (χ2v) is 9.03. The second-order valence-electron chi connectivity index (χ2n) is 8.22. The molecule has 0 spiro atoms. The number of Topliss-reactive ketones (excluding diaryl/α,β-unsaturated/α-hetero) is 1. The Kier molecular flexibility index (Phi) is 6.74. The molecule has 2 atom stereocenters. The van der Waals surface area contributed by atoms with Gasteiger partial charge in [0.1, 0.15) is 5.92 Å². The maximum absolute atomic E-state index is 13.0. The standard InChI is InChI=1S/C24H23Cl2N3O4/c1-28(11-14-6-7-19(25)20(26)8-14)23(32)18-12-29(24(33)22(18)31)16(13-30)9-15-10-27-21-5-3-2-4-17(15)21/h2-8,10,16,18,27,30H,9,11-13H2,1H3. The molecule has 2 heterocycles. The second kappa shape index (κ2) is 9.55. The van der Waals surface area contributed by atoms with Crippen molar-refractivity contribution in [2.75, 3.05) is 20.2 Å². The lowest BCUT2D eigenvalue weighted by Crippen LogP contribution is -2.42. The van der Waals surface area contributed by atoms with Crippen LogP contribution in [0.2, 0.25) is 10.0 Å². The first kappa shape index (κ1) is 23.3. The molecule has 3 aromatic rings. The number of hydrogen-bond donors (Lipinski definition) is 2. The Balaban J connectivity index is 1.47. The van der Waals surface area contributed by atoms with Crippen molar-refractivity contribution in [2.45, 2.75) is 19.0 Å². The van der Waals surface area contributed by atoms with Gasteiger partial charge in [0.05, 0.1) is 22.7 Å². The molecule has 2 aromatic carbocycles. The summed E-state index contributed by atoms with van der Waals surface area (Å²) in [6.07, 6.45) is 2.20. The van der Waals surface area contributed by atoms with Crippen LogP contribution in [0.15, 0.2) is 48.7 Å². The van der Waals surface area contributed by atoms with Crippen molar-refractivity contribution in [3.05, 3.63) is 69.8 Å². The number of nitrogens with zero attached hydrogens (tertiary/aromatic N) is 2. The molecule has 4 rings (SSSR count). The number of para-hydroxylation sites is 1. The fraction of sp³-hybridized carbons (Fsp3) is 0.292. The summed E-state index contributed by atoms with van der Waals surface area (Å²) in [5, 5.41) is 11.8. The van der Waals surface area contributed by atoms with Crippen molar-refractivity contribution >= 4 is 51.7 Å². The molecule has 172 valence electrons. The highest BCUT2D eigenvalue weighted by Crippen LogP contribution is 2.26. The van der Waals surface area contributed by atoms with E-state index in [-0.39, 0.29) is 19.7 Å². The fourth-order valence-electron chi connectivity index (χ4n) is 4.24. The lowest BCUT2D eigenvalue weighted by molar-refractivity contribution is -0.145. The van der Waals surface area contributed by atoms with E-state index < -0.39 is 29.6 Å². The number of rotatable bonds is 7. The van der Waals surface area contributed by atoms with Crippen molar-refractivity contribution in [3.8, 4) is 0 Å². The molecule has 0 saturated carbocycles. The molecule has 0 aliphatic carbocycles. The Morgan fingerprint density at radius 3 is 2.70 bits per heavy atom. The minimum absolute atomic E-state index is 0.0597. The van der Waals surface area contributed by atoms with Crippen molar-refractivity contribution in [1.82, 2.24) is 14.8 Å². The molecular weight excluding hydrogens is 465 g/mol. The Morgan fingerprint density at radius 2 is 1.97 bits per heavy atom. The Morgan fingerprint density at radius 1 is 1.21 bits per heavy atom. The summed E-state index contributed by atoms with van der Waals surface area (Å²) >= 11 is 12.0. The van der Waals surface area contributed by atoms with E-state index in [1.54, 1.807) is 25.2 Å². The highest BCUT2D eigenvalue weighted by Gasteiger charge is 2.46. The first-order chi connectivity index (χ1) is 15.8. The number of benzene rings is 2. The predicted octanol–water partition coefficient (Wildman–Crippen LogP) is 3.06. The molecule has 2 unspecified atom stereocenters. The SMILES string of the molecule is CN(Cc1ccc(Cl)c(Cl)c1)C(=O)C1CN(C(CO)Cc2c[nH]c3ccccc23)C(=O)C1=O. The molecule has 1 fully saturated rings. The van der Waals surface area contributed by atoms with Gasteiger partial charge in [-0.25, -0.2) is 0 Å². The molecule has 1 aromatic heterocycles. The minimum Gasteiger partial charge on any atom is -0.394 e. The van der Waals surface area contributed by atoms with Gasteiger partial charge in [-0.15, -0.1) is 0 Å². The maximum atomic E-state index is 13.0. The van der Waals surface area contributed by atoms with Gasteiger partial charge in [-0.1, -0.05) is 47.5 Å². The van der Waals surface area contributed by atoms with Crippen LogP contribution in [0.5, 0.6) is 0 Å². The summed E-state index contributed by atoms with van der Waals surface area (Å²) in [4.78, 5) is 44.3. The third-order valence-corrected chi connectivity index (χ3v) is 6.77. The van der Waals surface area contributed by atoms with Crippen molar-refractivity contribution in [3.63, 3.8) is 0 Å². The summed E-state index contributed by atoms with van der Waals surface area (Å²) in [5.74, 6) is -3.05. The number of aromatic nitrogens is 1. The number of hydrogen-bond acceptors (Lipinski definition) is 4. The highest BCUT2D eigenvalue weighted by atomic mass is 35.5. The van der Waals surface area contributed by atoms with Crippen molar-refractivity contribution < 1.29 is 19.5 Å². The minimum atomic E-state index is -1.11. The van der Waals surface area contributed by atoms with E-state index in [1.165, 1.54) is 9.80 Å². The Bertz CT molecular complexity index is 1230. The number of aromatic amines is 1. The van der Waals surface area contributed by atoms with Crippen LogP contribution in [0.4, 0.5) is 0 Å². The molecule has 1 aliphatic rings. The number of carbonyl (C=O) groups is 3. The number of H-pyrrole nitrogens is 1. The first-order valence-electron chi connectivity index (χ1n) is 10.5. The fourth-order valence-corrected chi connectivity index (χ4v) is 4.56. The largest absolute Gasteiger partial charge is 0.394 e. The monoisotopic (exact) mass is 487 g/mol. The molecular formula is C24H23Cl2N3O4. The summed E-state index contributed by atoms with van der Waals surface area (Å²) in [5.41, 5.74) is 2.63. The average Bonchev–Trinajstić information content (AvgIpc) is 3.35. The Hall–Kier alpha value is -2.87. The molecule has 7 nitrogen and oxygen atoms in total. The lowest BCUT2D eigenvalue weighted by atomic mass is 10.0. The topological polar surface area (TPSA) is 93.7 Å². The molecule has 1 saturated heterocycles. The van der Waals surface area contributed by atoms with Gasteiger partial charge in [-0.05, 0) is 35.7 Å². The van der Waals surface area contributed by atoms with Gasteiger partial charge in [0.2, 0.25) is 11.7 Å². The van der Waals surface area contributed by atoms with Crippen LogP contribution in [0.3, 0.4) is 0 Å². The normalized spacial score (nSPS) is 17.1. The number of halogens is 2. The van der Waals surface area contributed by atoms with Crippen LogP contribution in [0, 0.1) is 5.92 Å². The third kappa shape index (κ3) is 4.62. The molecule has 1 aliphatic heterocycles. The van der Waals surface area contributed by atoms with Gasteiger partial charge in [0.25, 0.3) is 5.91 Å². The summed E-state index contributed by atoms with van der Waals surface area (Å²) in [7, 11) is 1.57. The number of carbonyl (C=O) groups excluding carboxylic acids is 3. The number of aliphatic hydroxyl groups is 1. The van der Waals surface area contributed by atoms with Gasteiger partial charge in [-0.3, -0.25) is 14.4 Å². The molecule has 9 heteroatoms. The van der Waals surface area contributed by atoms with E-state index in [9.17, 15) is 19.5 Å². The number of aliphatic hydroxyl groups excluding tert-OH is 1. The number of likely N-dealkylation sites (tertiary alicyclic amines) is 1. The van der Waals surface area contributed by atoms with Gasteiger partial charge in [0.15, 0.2) is 0 Å². The van der Waals surface area contributed by atoms with Gasteiger partial charge in [0, 0.05) is 37.2 Å². The lowest BCUT2D eigenvalue weighted by Gasteiger charge is -2.26. The van der Waals surface area contributed by atoms with Crippen LogP contribution in [0.1, 0.15) is 11.1 Å². The Labute approximate surface area is 200 Å². The molecule has 0 radical (unpaired) electrons. The van der Waals surface area contributed by atoms with E-state index in [0.717, 1.165) is 22.0 Å². The van der Waals surface area contributed by atoms with E-state index in [0.29, 0.717) is 16.5 Å². The van der Waals surface area contributed by atoms with Crippen LogP contribution < -0.4 is 0 Å². The van der Waals surface area contributed by atoms with Crippen molar-refractivity contribution in [2.24, 2.45) is 5.92 Å². The number of fused-ring (bicyclic) bond motifs is 1. The summed E-state index contributed by atoms with van der Waals surface area (Å²) in [6.45, 7) is -0.166. The molecule has 2 N–H and O–H groups in total. The van der Waals surface area contributed by atoms with Gasteiger partial charge >= 0.3 is 0 Å². The van der Waals surface area contributed by atoms with Gasteiger partial charge < -0.3 is 19.9 Å². The van der Waals surface area contributed by atoms with E-state index in [4.69, 9.17) is 23.2 Å². The molecule has 0 bridgehead atoms. The first-order valence-corrected chi connectivity index (χ1v) is 11.2. The van der Waals surface area contributed by atoms with Crippen LogP contribution >= 0.6 is 23.2 Å². The number of ketones is 1. The summed E-state index contributed by atoms with van der Waals surface area (Å²) in [6, 6.07) is 12.2.